The van der Waals surface area contributed by atoms with Crippen LogP contribution in [0, 0.1) is 11.3 Å². The van der Waals surface area contributed by atoms with Crippen LogP contribution < -0.4 is 5.32 Å². The zero-order chi connectivity index (χ0) is 11.9. The summed E-state index contributed by atoms with van der Waals surface area (Å²) in [7, 11) is 0. The van der Waals surface area contributed by atoms with Gasteiger partial charge in [0, 0.05) is 6.42 Å². The predicted molar refractivity (Wildman–Crippen MR) is 47.7 cm³/mol. The molecular formula is C9H13F3N2O. The third kappa shape index (κ3) is 7.79. The molecule has 3 nitrogen and oxygen atoms in total. The van der Waals surface area contributed by atoms with Gasteiger partial charge in [-0.2, -0.15) is 18.4 Å². The summed E-state index contributed by atoms with van der Waals surface area (Å²) in [5.74, 6) is -0.729. The Bertz CT molecular complexity index is 245. The van der Waals surface area contributed by atoms with Gasteiger partial charge in [0.15, 0.2) is 0 Å². The lowest BCUT2D eigenvalue weighted by atomic mass is 10.2. The molecule has 0 aromatic rings. The second kappa shape index (κ2) is 6.27. The van der Waals surface area contributed by atoms with Crippen LogP contribution in [0.5, 0.6) is 0 Å². The minimum absolute atomic E-state index is 0.453. The smallest absolute Gasteiger partial charge is 0.340 e. The quantitative estimate of drug-likeness (QED) is 0.774. The number of rotatable bonds is 5. The Morgan fingerprint density at radius 2 is 2.13 bits per heavy atom. The standard InChI is InChI=1S/C9H13F3N2O/c1-2-3-7(6-13)14-8(15)4-5-9(10,11)12/h7H,2-5H2,1H3,(H,14,15). The van der Waals surface area contributed by atoms with Gasteiger partial charge in [-0.25, -0.2) is 0 Å². The van der Waals surface area contributed by atoms with E-state index in [0.717, 1.165) is 0 Å². The monoisotopic (exact) mass is 222 g/mol. The number of halogens is 3. The van der Waals surface area contributed by atoms with Gasteiger partial charge in [-0.15, -0.1) is 0 Å². The highest BCUT2D eigenvalue weighted by atomic mass is 19.4. The maximum atomic E-state index is 11.7. The Morgan fingerprint density at radius 1 is 1.53 bits per heavy atom. The van der Waals surface area contributed by atoms with E-state index in [1.54, 1.807) is 0 Å². The van der Waals surface area contributed by atoms with Gasteiger partial charge in [0.25, 0.3) is 0 Å². The first kappa shape index (κ1) is 13.8. The van der Waals surface area contributed by atoms with Crippen molar-refractivity contribution >= 4 is 5.91 Å². The molecule has 1 atom stereocenters. The van der Waals surface area contributed by atoms with E-state index in [-0.39, 0.29) is 0 Å². The Labute approximate surface area is 86.3 Å². The SMILES string of the molecule is CCCC(C#N)NC(=O)CCC(F)(F)F. The highest BCUT2D eigenvalue weighted by Gasteiger charge is 2.28. The first-order chi connectivity index (χ1) is 6.89. The second-order valence-corrected chi connectivity index (χ2v) is 3.15. The van der Waals surface area contributed by atoms with Gasteiger partial charge in [-0.1, -0.05) is 13.3 Å². The molecule has 0 bridgehead atoms. The molecule has 0 fully saturated rings. The number of amides is 1. The third-order valence-electron chi connectivity index (χ3n) is 1.70. The van der Waals surface area contributed by atoms with Gasteiger partial charge in [0.2, 0.25) is 5.91 Å². The summed E-state index contributed by atoms with van der Waals surface area (Å²) < 4.78 is 35.2. The second-order valence-electron chi connectivity index (χ2n) is 3.15. The van der Waals surface area contributed by atoms with Crippen LogP contribution >= 0.6 is 0 Å². The maximum absolute atomic E-state index is 11.7. The summed E-state index contributed by atoms with van der Waals surface area (Å²) in [6, 6.07) is 1.13. The fourth-order valence-electron chi connectivity index (χ4n) is 0.979. The van der Waals surface area contributed by atoms with Gasteiger partial charge in [0.05, 0.1) is 12.5 Å². The molecule has 0 aliphatic carbocycles. The first-order valence-electron chi connectivity index (χ1n) is 4.64. The van der Waals surface area contributed by atoms with Crippen molar-refractivity contribution in [2.24, 2.45) is 0 Å². The molecule has 0 saturated heterocycles. The Morgan fingerprint density at radius 3 is 2.53 bits per heavy atom. The summed E-state index contributed by atoms with van der Waals surface area (Å²) in [5, 5.41) is 10.8. The largest absolute Gasteiger partial charge is 0.389 e. The van der Waals surface area contributed by atoms with E-state index in [4.69, 9.17) is 5.26 Å². The average molecular weight is 222 g/mol. The topological polar surface area (TPSA) is 52.9 Å². The highest BCUT2D eigenvalue weighted by Crippen LogP contribution is 2.21. The molecule has 1 N–H and O–H groups in total. The van der Waals surface area contributed by atoms with Gasteiger partial charge in [0.1, 0.15) is 6.04 Å². The highest BCUT2D eigenvalue weighted by molar-refractivity contribution is 5.76. The molecule has 0 aliphatic rings. The molecule has 0 heterocycles. The number of nitrogens with zero attached hydrogens (tertiary/aromatic N) is 1. The van der Waals surface area contributed by atoms with Crippen LogP contribution in [0.1, 0.15) is 32.6 Å². The number of carbonyl (C=O) groups is 1. The lowest BCUT2D eigenvalue weighted by Crippen LogP contribution is -2.34. The number of carbonyl (C=O) groups excluding carboxylic acids is 1. The Balaban J connectivity index is 3.88. The van der Waals surface area contributed by atoms with Gasteiger partial charge in [-0.3, -0.25) is 4.79 Å². The van der Waals surface area contributed by atoms with Crippen LogP contribution in [0.4, 0.5) is 13.2 Å². The molecule has 1 unspecified atom stereocenters. The van der Waals surface area contributed by atoms with Gasteiger partial charge < -0.3 is 5.32 Å². The van der Waals surface area contributed by atoms with Crippen molar-refractivity contribution in [2.45, 2.75) is 44.8 Å². The minimum atomic E-state index is -4.33. The fourth-order valence-corrected chi connectivity index (χ4v) is 0.979. The van der Waals surface area contributed by atoms with Crippen molar-refractivity contribution < 1.29 is 18.0 Å². The Hall–Kier alpha value is -1.25. The van der Waals surface area contributed by atoms with Crippen molar-refractivity contribution in [3.63, 3.8) is 0 Å². The van der Waals surface area contributed by atoms with Crippen molar-refractivity contribution in [1.82, 2.24) is 5.32 Å². The van der Waals surface area contributed by atoms with Crippen molar-refractivity contribution in [3.05, 3.63) is 0 Å². The Kier molecular flexibility index (Phi) is 5.75. The molecule has 6 heteroatoms. The molecule has 0 spiro atoms. The third-order valence-corrected chi connectivity index (χ3v) is 1.70. The number of hydrogen-bond acceptors (Lipinski definition) is 2. The van der Waals surface area contributed by atoms with Crippen LogP contribution in [0.2, 0.25) is 0 Å². The lowest BCUT2D eigenvalue weighted by Gasteiger charge is -2.11. The van der Waals surface area contributed by atoms with Crippen LogP contribution in [0.25, 0.3) is 0 Å². The maximum Gasteiger partial charge on any atom is 0.389 e. The van der Waals surface area contributed by atoms with E-state index in [1.165, 1.54) is 0 Å². The van der Waals surface area contributed by atoms with Crippen LogP contribution in [0.15, 0.2) is 0 Å². The molecule has 86 valence electrons. The van der Waals surface area contributed by atoms with Crippen LogP contribution in [-0.2, 0) is 4.79 Å². The average Bonchev–Trinajstić information content (AvgIpc) is 2.13. The number of nitrogens with one attached hydrogen (secondary N) is 1. The molecule has 0 saturated carbocycles. The van der Waals surface area contributed by atoms with E-state index in [2.05, 4.69) is 5.32 Å². The molecule has 15 heavy (non-hydrogen) atoms. The van der Waals surface area contributed by atoms with Crippen LogP contribution in [0.3, 0.4) is 0 Å². The summed E-state index contributed by atoms with van der Waals surface area (Å²) in [6.07, 6.45) is -4.95. The summed E-state index contributed by atoms with van der Waals surface area (Å²) >= 11 is 0. The lowest BCUT2D eigenvalue weighted by molar-refractivity contribution is -0.144. The van der Waals surface area contributed by atoms with Crippen molar-refractivity contribution in [1.29, 1.82) is 5.26 Å². The van der Waals surface area contributed by atoms with E-state index >= 15 is 0 Å². The molecule has 0 aliphatic heterocycles. The van der Waals surface area contributed by atoms with E-state index < -0.39 is 31.0 Å². The molecule has 1 amide bonds. The van der Waals surface area contributed by atoms with E-state index in [1.807, 2.05) is 13.0 Å². The number of nitriles is 1. The van der Waals surface area contributed by atoms with Crippen molar-refractivity contribution in [3.8, 4) is 6.07 Å². The zero-order valence-electron chi connectivity index (χ0n) is 8.40. The molecular weight excluding hydrogens is 209 g/mol. The predicted octanol–water partition coefficient (Wildman–Crippen LogP) is 2.14. The zero-order valence-corrected chi connectivity index (χ0v) is 8.40. The summed E-state index contributed by atoms with van der Waals surface area (Å²) in [5.41, 5.74) is 0. The van der Waals surface area contributed by atoms with Crippen molar-refractivity contribution in [2.75, 3.05) is 0 Å². The normalized spacial score (nSPS) is 13.0. The van der Waals surface area contributed by atoms with E-state index in [9.17, 15) is 18.0 Å². The summed E-state index contributed by atoms with van der Waals surface area (Å²) in [6.45, 7) is 1.83. The molecule has 0 aromatic heterocycles. The summed E-state index contributed by atoms with van der Waals surface area (Å²) in [4.78, 5) is 11.0. The molecule has 0 aromatic carbocycles. The molecule has 0 radical (unpaired) electrons. The molecule has 0 rings (SSSR count). The number of hydrogen-bond donors (Lipinski definition) is 1. The van der Waals surface area contributed by atoms with Crippen LogP contribution in [-0.4, -0.2) is 18.1 Å². The fraction of sp³-hybridized carbons (Fsp3) is 0.778. The van der Waals surface area contributed by atoms with Gasteiger partial charge in [-0.05, 0) is 6.42 Å². The van der Waals surface area contributed by atoms with Gasteiger partial charge >= 0.3 is 6.18 Å². The van der Waals surface area contributed by atoms with E-state index in [0.29, 0.717) is 12.8 Å². The minimum Gasteiger partial charge on any atom is -0.340 e. The first-order valence-corrected chi connectivity index (χ1v) is 4.64. The number of alkyl halides is 3.